The summed E-state index contributed by atoms with van der Waals surface area (Å²) in [5.41, 5.74) is 6.71. The number of pyridine rings is 1. The third-order valence-corrected chi connectivity index (χ3v) is 1.72. The summed E-state index contributed by atoms with van der Waals surface area (Å²) in [4.78, 5) is 4.01. The Morgan fingerprint density at radius 2 is 2.27 bits per heavy atom. The highest BCUT2D eigenvalue weighted by Gasteiger charge is 2.03. The van der Waals surface area contributed by atoms with Crippen molar-refractivity contribution in [1.82, 2.24) is 4.98 Å². The molecular formula is C7H9ClN2O. The minimum Gasteiger partial charge on any atom is -0.480 e. The fraction of sp³-hybridized carbons (Fsp3) is 0.286. The van der Waals surface area contributed by atoms with Crippen LogP contribution in [0.1, 0.15) is 5.69 Å². The Bertz CT molecular complexity index is 275. The fourth-order valence-corrected chi connectivity index (χ4v) is 0.896. The molecule has 0 spiro atoms. The first kappa shape index (κ1) is 8.14. The van der Waals surface area contributed by atoms with E-state index in [0.29, 0.717) is 16.6 Å². The SMILES string of the molecule is COc1nc(C)c(Cl)cc1N. The van der Waals surface area contributed by atoms with E-state index in [0.717, 1.165) is 5.69 Å². The Morgan fingerprint density at radius 1 is 1.64 bits per heavy atom. The van der Waals surface area contributed by atoms with Crippen molar-refractivity contribution in [1.29, 1.82) is 0 Å². The van der Waals surface area contributed by atoms with Gasteiger partial charge in [-0.25, -0.2) is 4.98 Å². The van der Waals surface area contributed by atoms with Gasteiger partial charge in [-0.15, -0.1) is 0 Å². The smallest absolute Gasteiger partial charge is 0.237 e. The molecule has 1 aromatic rings. The molecule has 0 bridgehead atoms. The van der Waals surface area contributed by atoms with Crippen LogP contribution in [0, 0.1) is 6.92 Å². The number of anilines is 1. The number of methoxy groups -OCH3 is 1. The van der Waals surface area contributed by atoms with Gasteiger partial charge in [-0.05, 0) is 13.0 Å². The molecule has 0 aromatic carbocycles. The number of nitrogens with zero attached hydrogens (tertiary/aromatic N) is 1. The largest absolute Gasteiger partial charge is 0.480 e. The van der Waals surface area contributed by atoms with Gasteiger partial charge in [-0.3, -0.25) is 0 Å². The number of nitrogens with two attached hydrogens (primary N) is 1. The summed E-state index contributed by atoms with van der Waals surface area (Å²) in [5.74, 6) is 0.423. The third-order valence-electron chi connectivity index (χ3n) is 1.34. The maximum atomic E-state index is 5.74. The van der Waals surface area contributed by atoms with Crippen molar-refractivity contribution in [2.45, 2.75) is 6.92 Å². The normalized spacial score (nSPS) is 9.73. The van der Waals surface area contributed by atoms with Gasteiger partial charge in [0.2, 0.25) is 5.88 Å². The Hall–Kier alpha value is -0.960. The first-order valence-electron chi connectivity index (χ1n) is 3.11. The van der Waals surface area contributed by atoms with Crippen molar-refractivity contribution < 1.29 is 4.74 Å². The van der Waals surface area contributed by atoms with Crippen molar-refractivity contribution in [2.24, 2.45) is 0 Å². The number of aryl methyl sites for hydroxylation is 1. The van der Waals surface area contributed by atoms with Gasteiger partial charge < -0.3 is 10.5 Å². The second-order valence-electron chi connectivity index (χ2n) is 2.15. The topological polar surface area (TPSA) is 48.1 Å². The molecular weight excluding hydrogens is 164 g/mol. The van der Waals surface area contributed by atoms with Crippen LogP contribution in [0.4, 0.5) is 5.69 Å². The van der Waals surface area contributed by atoms with Gasteiger partial charge in [0.05, 0.1) is 23.5 Å². The molecule has 0 unspecified atom stereocenters. The van der Waals surface area contributed by atoms with Gasteiger partial charge in [0, 0.05) is 0 Å². The number of rotatable bonds is 1. The Labute approximate surface area is 70.1 Å². The lowest BCUT2D eigenvalue weighted by Gasteiger charge is -2.04. The number of hydrogen-bond donors (Lipinski definition) is 1. The number of halogens is 1. The molecule has 0 aliphatic rings. The maximum Gasteiger partial charge on any atom is 0.237 e. The zero-order chi connectivity index (χ0) is 8.43. The molecule has 11 heavy (non-hydrogen) atoms. The summed E-state index contributed by atoms with van der Waals surface area (Å²) in [5, 5.41) is 0.559. The Balaban J connectivity index is 3.21. The van der Waals surface area contributed by atoms with E-state index >= 15 is 0 Å². The molecule has 0 saturated heterocycles. The van der Waals surface area contributed by atoms with Crippen molar-refractivity contribution in [2.75, 3.05) is 12.8 Å². The maximum absolute atomic E-state index is 5.74. The molecule has 0 aliphatic carbocycles. The monoisotopic (exact) mass is 172 g/mol. The van der Waals surface area contributed by atoms with Crippen molar-refractivity contribution >= 4 is 17.3 Å². The second kappa shape index (κ2) is 2.96. The highest BCUT2D eigenvalue weighted by Crippen LogP contribution is 2.24. The molecule has 3 nitrogen and oxygen atoms in total. The molecule has 60 valence electrons. The van der Waals surface area contributed by atoms with Gasteiger partial charge in [-0.2, -0.15) is 0 Å². The number of nitrogen functional groups attached to an aromatic ring is 1. The van der Waals surface area contributed by atoms with E-state index in [1.54, 1.807) is 13.0 Å². The summed E-state index contributed by atoms with van der Waals surface area (Å²) in [6, 6.07) is 1.63. The predicted octanol–water partition coefficient (Wildman–Crippen LogP) is 1.63. The molecule has 1 rings (SSSR count). The van der Waals surface area contributed by atoms with Gasteiger partial charge in [-0.1, -0.05) is 11.6 Å². The summed E-state index contributed by atoms with van der Waals surface area (Å²) in [7, 11) is 1.52. The second-order valence-corrected chi connectivity index (χ2v) is 2.56. The van der Waals surface area contributed by atoms with E-state index in [-0.39, 0.29) is 0 Å². The van der Waals surface area contributed by atoms with Crippen molar-refractivity contribution in [3.8, 4) is 5.88 Å². The van der Waals surface area contributed by atoms with E-state index in [2.05, 4.69) is 4.98 Å². The van der Waals surface area contributed by atoms with Crippen LogP contribution in [-0.2, 0) is 0 Å². The molecule has 1 heterocycles. The van der Waals surface area contributed by atoms with Crippen LogP contribution in [0.15, 0.2) is 6.07 Å². The fourth-order valence-electron chi connectivity index (χ4n) is 0.736. The highest BCUT2D eigenvalue weighted by atomic mass is 35.5. The minimum atomic E-state index is 0.423. The Morgan fingerprint density at radius 3 is 2.82 bits per heavy atom. The molecule has 0 radical (unpaired) electrons. The minimum absolute atomic E-state index is 0.423. The van der Waals surface area contributed by atoms with Crippen LogP contribution >= 0.6 is 11.6 Å². The molecule has 0 saturated carbocycles. The average Bonchev–Trinajstić information content (AvgIpc) is 1.97. The quantitative estimate of drug-likeness (QED) is 0.701. The van der Waals surface area contributed by atoms with Gasteiger partial charge in [0.1, 0.15) is 0 Å². The summed E-state index contributed by atoms with van der Waals surface area (Å²) in [6.45, 7) is 1.80. The standard InChI is InChI=1S/C7H9ClN2O/c1-4-5(8)3-6(9)7(10-4)11-2/h3H,9H2,1-2H3. The van der Waals surface area contributed by atoms with E-state index in [9.17, 15) is 0 Å². The van der Waals surface area contributed by atoms with E-state index < -0.39 is 0 Å². The first-order valence-corrected chi connectivity index (χ1v) is 3.49. The van der Waals surface area contributed by atoms with Crippen molar-refractivity contribution in [3.63, 3.8) is 0 Å². The predicted molar refractivity (Wildman–Crippen MR) is 44.9 cm³/mol. The molecule has 0 fully saturated rings. The van der Waals surface area contributed by atoms with Crippen LogP contribution in [0.3, 0.4) is 0 Å². The Kier molecular flexibility index (Phi) is 2.19. The van der Waals surface area contributed by atoms with Crippen molar-refractivity contribution in [3.05, 3.63) is 16.8 Å². The van der Waals surface area contributed by atoms with Crippen LogP contribution in [0.25, 0.3) is 0 Å². The first-order chi connectivity index (χ1) is 5.15. The number of hydrogen-bond acceptors (Lipinski definition) is 3. The van der Waals surface area contributed by atoms with Gasteiger partial charge >= 0.3 is 0 Å². The molecule has 4 heteroatoms. The molecule has 0 amide bonds. The van der Waals surface area contributed by atoms with Crippen LogP contribution in [0.2, 0.25) is 5.02 Å². The van der Waals surface area contributed by atoms with Gasteiger partial charge in [0.15, 0.2) is 0 Å². The lowest BCUT2D eigenvalue weighted by atomic mass is 10.3. The lowest BCUT2D eigenvalue weighted by Crippen LogP contribution is -1.96. The zero-order valence-corrected chi connectivity index (χ0v) is 7.14. The lowest BCUT2D eigenvalue weighted by molar-refractivity contribution is 0.399. The van der Waals surface area contributed by atoms with E-state index in [1.807, 2.05) is 0 Å². The van der Waals surface area contributed by atoms with Gasteiger partial charge in [0.25, 0.3) is 0 Å². The molecule has 1 aromatic heterocycles. The third kappa shape index (κ3) is 1.54. The summed E-state index contributed by atoms with van der Waals surface area (Å²) in [6.07, 6.45) is 0. The van der Waals surface area contributed by atoms with Crippen LogP contribution in [-0.4, -0.2) is 12.1 Å². The molecule has 0 atom stereocenters. The summed E-state index contributed by atoms with van der Waals surface area (Å²) < 4.78 is 4.89. The van der Waals surface area contributed by atoms with Crippen LogP contribution in [0.5, 0.6) is 5.88 Å². The molecule has 0 aliphatic heterocycles. The molecule has 2 N–H and O–H groups in total. The number of ether oxygens (including phenoxy) is 1. The summed E-state index contributed by atoms with van der Waals surface area (Å²) >= 11 is 5.74. The zero-order valence-electron chi connectivity index (χ0n) is 6.39. The van der Waals surface area contributed by atoms with E-state index in [4.69, 9.17) is 22.1 Å². The average molecular weight is 173 g/mol. The van der Waals surface area contributed by atoms with Crippen LogP contribution < -0.4 is 10.5 Å². The highest BCUT2D eigenvalue weighted by molar-refractivity contribution is 6.31. The number of aromatic nitrogens is 1. The van der Waals surface area contributed by atoms with E-state index in [1.165, 1.54) is 7.11 Å².